The Morgan fingerprint density at radius 3 is 3.00 bits per heavy atom. The number of nitrogens with two attached hydrogens (primary N) is 1. The van der Waals surface area contributed by atoms with Crippen LogP contribution in [0.25, 0.3) is 11.5 Å². The van der Waals surface area contributed by atoms with Crippen molar-refractivity contribution in [3.63, 3.8) is 0 Å². The molecular weight excluding hydrogens is 524 g/mol. The number of nitrogen functional groups attached to an aromatic ring is 1. The van der Waals surface area contributed by atoms with Crippen LogP contribution in [-0.2, 0) is 16.1 Å². The van der Waals surface area contributed by atoms with E-state index < -0.39 is 0 Å². The molecule has 4 heterocycles. The summed E-state index contributed by atoms with van der Waals surface area (Å²) in [5.41, 5.74) is 6.69. The van der Waals surface area contributed by atoms with Gasteiger partial charge in [0.1, 0.15) is 6.04 Å². The normalized spacial score (nSPS) is 19.5. The van der Waals surface area contributed by atoms with E-state index in [4.69, 9.17) is 24.9 Å². The van der Waals surface area contributed by atoms with Crippen LogP contribution in [0.3, 0.4) is 0 Å². The molecule has 0 aromatic heterocycles. The molecule has 0 radical (unpaired) electrons. The first-order valence-electron chi connectivity index (χ1n) is 11.2. The summed E-state index contributed by atoms with van der Waals surface area (Å²) in [7, 11) is 0. The van der Waals surface area contributed by atoms with Crippen LogP contribution in [0.5, 0.6) is 11.5 Å². The van der Waals surface area contributed by atoms with Crippen molar-refractivity contribution in [3.8, 4) is 23.0 Å². The zero-order valence-electron chi connectivity index (χ0n) is 18.6. The number of piperidine rings is 1. The second-order valence-electron chi connectivity index (χ2n) is 8.18. The van der Waals surface area contributed by atoms with Crippen LogP contribution in [0.4, 0.5) is 5.82 Å². The van der Waals surface area contributed by atoms with Gasteiger partial charge in [-0.15, -0.1) is 0 Å². The maximum atomic E-state index is 12.1. The number of aromatic nitrogens is 4. The Hall–Kier alpha value is -2.57. The van der Waals surface area contributed by atoms with Gasteiger partial charge in [-0.05, 0) is 78.5 Å². The molecule has 0 amide bonds. The van der Waals surface area contributed by atoms with Gasteiger partial charge in [0.2, 0.25) is 6.79 Å². The lowest BCUT2D eigenvalue weighted by Crippen LogP contribution is -2.44. The van der Waals surface area contributed by atoms with E-state index in [9.17, 15) is 4.79 Å². The molecule has 0 bridgehead atoms. The van der Waals surface area contributed by atoms with Crippen LogP contribution < -0.4 is 20.5 Å². The number of rotatable bonds is 7. The van der Waals surface area contributed by atoms with Crippen molar-refractivity contribution in [3.05, 3.63) is 22.9 Å². The topological polar surface area (TPSA) is 126 Å². The highest BCUT2D eigenvalue weighted by Crippen LogP contribution is 2.43. The van der Waals surface area contributed by atoms with Crippen molar-refractivity contribution in [2.75, 3.05) is 25.7 Å². The molecule has 34 heavy (non-hydrogen) atoms. The van der Waals surface area contributed by atoms with Crippen LogP contribution in [0.1, 0.15) is 26.2 Å². The third kappa shape index (κ3) is 4.80. The van der Waals surface area contributed by atoms with E-state index in [-0.39, 0.29) is 18.8 Å². The summed E-state index contributed by atoms with van der Waals surface area (Å²) >= 11 is 5.00. The van der Waals surface area contributed by atoms with Gasteiger partial charge in [-0.3, -0.25) is 4.79 Å². The molecule has 0 saturated carbocycles. The van der Waals surface area contributed by atoms with Crippen molar-refractivity contribution >= 4 is 39.5 Å². The van der Waals surface area contributed by atoms with Gasteiger partial charge < -0.3 is 29.8 Å². The minimum atomic E-state index is -0.241. The molecule has 4 aliphatic rings. The molecular formula is C22H25BrN6O4S. The average Bonchev–Trinajstić information content (AvgIpc) is 3.46. The van der Waals surface area contributed by atoms with Crippen molar-refractivity contribution in [1.82, 2.24) is 24.8 Å². The number of nitrogens with one attached hydrogen (secondary N) is 1. The van der Waals surface area contributed by atoms with Crippen molar-refractivity contribution in [1.29, 1.82) is 0 Å². The Morgan fingerprint density at radius 1 is 1.35 bits per heavy atom. The Balaban J connectivity index is 1.31. The van der Waals surface area contributed by atoms with E-state index in [1.807, 2.05) is 23.6 Å². The highest BCUT2D eigenvalue weighted by Gasteiger charge is 2.28. The summed E-state index contributed by atoms with van der Waals surface area (Å²) in [5, 5.41) is 3.84. The van der Waals surface area contributed by atoms with E-state index in [2.05, 4.69) is 31.2 Å². The zero-order valence-corrected chi connectivity index (χ0v) is 21.0. The molecule has 10 nitrogen and oxygen atoms in total. The summed E-state index contributed by atoms with van der Waals surface area (Å²) in [5.74, 6) is 2.68. The van der Waals surface area contributed by atoms with Crippen LogP contribution in [-0.4, -0.2) is 51.5 Å². The number of halogens is 1. The fourth-order valence-corrected chi connectivity index (χ4v) is 5.57. The van der Waals surface area contributed by atoms with E-state index in [1.54, 1.807) is 6.33 Å². The number of aryl methyl sites for hydroxylation is 1. The first-order valence-corrected chi connectivity index (χ1v) is 12.8. The van der Waals surface area contributed by atoms with Gasteiger partial charge in [0.05, 0.1) is 12.9 Å². The maximum Gasteiger partial charge on any atom is 0.323 e. The van der Waals surface area contributed by atoms with Crippen molar-refractivity contribution in [2.45, 2.75) is 48.8 Å². The molecule has 0 aliphatic carbocycles. The molecule has 0 unspecified atom stereocenters. The summed E-state index contributed by atoms with van der Waals surface area (Å²) < 4.78 is 18.9. The Morgan fingerprint density at radius 2 is 2.18 bits per heavy atom. The molecule has 4 aliphatic heterocycles. The first-order chi connectivity index (χ1) is 16.5. The highest BCUT2D eigenvalue weighted by atomic mass is 79.9. The Kier molecular flexibility index (Phi) is 6.79. The Bertz CT molecular complexity index is 1170. The van der Waals surface area contributed by atoms with E-state index in [0.717, 1.165) is 35.2 Å². The lowest BCUT2D eigenvalue weighted by atomic mass is 9.89. The molecule has 3 N–H and O–H groups in total. The number of nitrogens with zero attached hydrogens (tertiary/aromatic N) is 4. The predicted molar refractivity (Wildman–Crippen MR) is 129 cm³/mol. The second-order valence-corrected chi connectivity index (χ2v) is 10.0. The minimum absolute atomic E-state index is 0.172. The van der Waals surface area contributed by atoms with Gasteiger partial charge in [0.25, 0.3) is 0 Å². The number of ether oxygens (including phenoxy) is 3. The van der Waals surface area contributed by atoms with Crippen LogP contribution in [0, 0.1) is 5.92 Å². The standard InChI is InChI=1S/C22H25BrN6O4S/c1-2-31-21(30)14-7-12(3-5-25-14)4-6-29-10-26-19(24)18-20(29)28-22(27-18)34-17-9-16-15(8-13(17)23)32-11-33-16/h8-10,12,14,25H,2-7,11,24H2,1H3/t12-,14-/m0/s1. The maximum absolute atomic E-state index is 12.1. The number of carbonyl (C=O) groups is 1. The molecule has 1 saturated heterocycles. The number of anilines is 1. The monoisotopic (exact) mass is 548 g/mol. The van der Waals surface area contributed by atoms with Gasteiger partial charge in [0.15, 0.2) is 34.0 Å². The van der Waals surface area contributed by atoms with E-state index >= 15 is 0 Å². The number of benzene rings is 1. The SMILES string of the molecule is CCOC(=O)[C@@H]1C[C@H](CCn2cnc(N)c3nc(Sc4cc5c(cc4Br)OCO5)nc2-3)CCN1. The lowest BCUT2D eigenvalue weighted by Gasteiger charge is -2.29. The number of imidazole rings is 1. The van der Waals surface area contributed by atoms with Crippen LogP contribution in [0.15, 0.2) is 33.0 Å². The largest absolute Gasteiger partial charge is 0.465 e. The molecule has 2 atom stereocenters. The van der Waals surface area contributed by atoms with Gasteiger partial charge >= 0.3 is 5.97 Å². The average molecular weight is 549 g/mol. The molecule has 1 fully saturated rings. The number of hydrogen-bond donors (Lipinski definition) is 2. The Labute approximate surface area is 209 Å². The van der Waals surface area contributed by atoms with Crippen LogP contribution >= 0.6 is 27.7 Å². The summed E-state index contributed by atoms with van der Waals surface area (Å²) in [6.07, 6.45) is 4.37. The quantitative estimate of drug-likeness (QED) is 0.424. The number of carbonyl (C=O) groups excluding carboxylic acids is 1. The third-order valence-electron chi connectivity index (χ3n) is 5.96. The van der Waals surface area contributed by atoms with Crippen LogP contribution in [0.2, 0.25) is 0 Å². The lowest BCUT2D eigenvalue weighted by molar-refractivity contribution is -0.146. The highest BCUT2D eigenvalue weighted by molar-refractivity contribution is 9.10. The second kappa shape index (κ2) is 9.96. The number of esters is 1. The first kappa shape index (κ1) is 23.2. The molecule has 12 heteroatoms. The zero-order chi connectivity index (χ0) is 23.7. The van der Waals surface area contributed by atoms with Gasteiger partial charge in [-0.2, -0.15) is 0 Å². The number of hydrogen-bond acceptors (Lipinski definition) is 10. The van der Waals surface area contributed by atoms with Crippen molar-refractivity contribution in [2.24, 2.45) is 5.92 Å². The van der Waals surface area contributed by atoms with Crippen molar-refractivity contribution < 1.29 is 19.0 Å². The van der Waals surface area contributed by atoms with E-state index in [1.165, 1.54) is 11.8 Å². The number of fused-ring (bicyclic) bond motifs is 2. The molecule has 0 spiro atoms. The fraction of sp³-hybridized carbons (Fsp3) is 0.455. The summed E-state index contributed by atoms with van der Waals surface area (Å²) in [4.78, 5) is 26.7. The third-order valence-corrected chi connectivity index (χ3v) is 7.80. The smallest absolute Gasteiger partial charge is 0.323 e. The molecule has 180 valence electrons. The fourth-order valence-electron chi connectivity index (χ4n) is 4.22. The van der Waals surface area contributed by atoms with Gasteiger partial charge in [-0.1, -0.05) is 0 Å². The minimum Gasteiger partial charge on any atom is -0.465 e. The predicted octanol–water partition coefficient (Wildman–Crippen LogP) is 3.32. The molecule has 5 rings (SSSR count). The molecule has 1 aromatic rings. The summed E-state index contributed by atoms with van der Waals surface area (Å²) in [6.45, 7) is 3.95. The molecule has 1 aromatic carbocycles. The van der Waals surface area contributed by atoms with Gasteiger partial charge in [-0.25, -0.2) is 15.0 Å². The van der Waals surface area contributed by atoms with Gasteiger partial charge in [0, 0.05) is 15.9 Å². The van der Waals surface area contributed by atoms with E-state index in [0.29, 0.717) is 53.1 Å². The summed E-state index contributed by atoms with van der Waals surface area (Å²) in [6, 6.07) is 3.55.